The molecule has 67 heavy (non-hydrogen) atoms. The summed E-state index contributed by atoms with van der Waals surface area (Å²) in [5.41, 5.74) is 4.51. The average Bonchev–Trinajstić information content (AvgIpc) is 3.67. The van der Waals surface area contributed by atoms with Crippen LogP contribution in [0.5, 0.6) is 11.5 Å². The molecule has 8 atom stereocenters. The SMILES string of the molecule is COC(=O)C[C@H](CC/C(C)=C\COCc1ccc(OC)cc1)O[Si](C)(C)C(C)(C)C.COc1ccc(COC/C=C(/C)CC[C@@H](O)CC(=O)N2C(=O)NC[C@H]2C(C)C)cc1.PP(P)P.PPP. The number of ether oxygens (including phenoxy) is 5. The number of hydrogen-bond acceptors (Lipinski definition) is 10. The van der Waals surface area contributed by atoms with Gasteiger partial charge in [0.2, 0.25) is 5.91 Å². The van der Waals surface area contributed by atoms with E-state index in [1.807, 2.05) is 75.4 Å². The maximum atomic E-state index is 12.5. The van der Waals surface area contributed by atoms with Gasteiger partial charge in [0, 0.05) is 6.54 Å². The van der Waals surface area contributed by atoms with Crippen molar-refractivity contribution in [3.8, 4) is 11.5 Å². The van der Waals surface area contributed by atoms with Crippen LogP contribution in [0.3, 0.4) is 0 Å². The van der Waals surface area contributed by atoms with Crippen LogP contribution in [-0.2, 0) is 41.4 Å². The first-order chi connectivity index (χ1) is 31.4. The van der Waals surface area contributed by atoms with E-state index < -0.39 is 14.4 Å². The predicted octanol–water partition coefficient (Wildman–Crippen LogP) is 12.2. The molecule has 2 aromatic rings. The number of methoxy groups -OCH3 is 3. The predicted molar refractivity (Wildman–Crippen MR) is 303 cm³/mol. The fourth-order valence-electron chi connectivity index (χ4n) is 6.00. The number of rotatable bonds is 23. The first kappa shape index (κ1) is 66.0. The first-order valence-corrected chi connectivity index (χ1v) is 36.1. The molecule has 1 fully saturated rings. The maximum Gasteiger partial charge on any atom is 0.324 e. The van der Waals surface area contributed by atoms with Crippen molar-refractivity contribution in [1.82, 2.24) is 10.2 Å². The average molecular weight is 1080 g/mol. The third-order valence-corrected chi connectivity index (χ3v) is 15.6. The highest BCUT2D eigenvalue weighted by molar-refractivity contribution is 8.65. The van der Waals surface area contributed by atoms with E-state index in [4.69, 9.17) is 28.1 Å². The number of allylic oxidation sites excluding steroid dienone is 2. The van der Waals surface area contributed by atoms with Gasteiger partial charge in [0.15, 0.2) is 8.32 Å². The van der Waals surface area contributed by atoms with Gasteiger partial charge < -0.3 is 38.5 Å². The molecule has 0 aliphatic carbocycles. The lowest BCUT2D eigenvalue weighted by Gasteiger charge is -2.39. The Bertz CT molecular complexity index is 1750. The van der Waals surface area contributed by atoms with Gasteiger partial charge >= 0.3 is 12.0 Å². The van der Waals surface area contributed by atoms with Crippen molar-refractivity contribution >= 4 is 85.8 Å². The zero-order valence-corrected chi connectivity index (χ0v) is 50.9. The number of imide groups is 1. The summed E-state index contributed by atoms with van der Waals surface area (Å²) >= 11 is 0. The Morgan fingerprint density at radius 1 is 0.851 bits per heavy atom. The van der Waals surface area contributed by atoms with Crippen LogP contribution in [-0.4, -0.2) is 95.6 Å². The number of nitrogens with zero attached hydrogens (tertiary/aromatic N) is 1. The van der Waals surface area contributed by atoms with Crippen LogP contribution < -0.4 is 14.8 Å². The molecule has 1 saturated heterocycles. The standard InChI is InChI=1S/C24H40O5Si.C23H34N2O5.H6P4.H5P3/c1-19(15-16-28-18-20-10-13-21(26-5)14-11-20)9-12-22(17-23(25)27-6)29-30(7,8)24(2,3)4;1-16(2)21-14-24-23(28)25(21)22(27)13-19(26)8-5-17(3)11-12-30-15-18-6-9-20(29-4)10-7-18;1-4(2)3;1-3-2/h10-11,13-15,22H,9,12,16-18H2,1-8H3;6-7,9-11,16,19,21,26H,5,8,12-15H2,1-4H3,(H,24,28);1-3H2;3H,1-2H2/b19-15-;17-11-;;/t22-;19-,21+;;/m01../s1. The molecular formula is C47H85N2O10P7Si. The molecule has 0 spiro atoms. The minimum absolute atomic E-state index is 0.0438. The van der Waals surface area contributed by atoms with E-state index in [0.717, 1.165) is 49.0 Å². The van der Waals surface area contributed by atoms with Gasteiger partial charge in [-0.25, -0.2) is 4.79 Å². The Hall–Kier alpha value is -1.00. The Balaban J connectivity index is 0.00000114. The molecule has 3 rings (SSSR count). The van der Waals surface area contributed by atoms with Crippen molar-refractivity contribution < 1.29 is 47.6 Å². The van der Waals surface area contributed by atoms with E-state index in [1.165, 1.54) is 17.6 Å². The van der Waals surface area contributed by atoms with Crippen LogP contribution >= 0.6 is 59.6 Å². The second-order valence-electron chi connectivity index (χ2n) is 17.9. The monoisotopic (exact) mass is 1080 g/mol. The van der Waals surface area contributed by atoms with Gasteiger partial charge in [-0.1, -0.05) is 90.1 Å². The van der Waals surface area contributed by atoms with E-state index in [1.54, 1.807) is 14.2 Å². The molecule has 1 aliphatic rings. The van der Waals surface area contributed by atoms with Gasteiger partial charge in [-0.3, -0.25) is 14.5 Å². The van der Waals surface area contributed by atoms with Crippen molar-refractivity contribution in [3.05, 3.63) is 83.0 Å². The highest BCUT2D eigenvalue weighted by Crippen LogP contribution is 2.59. The minimum atomic E-state index is -1.96. The number of carbonyl (C=O) groups excluding carboxylic acids is 3. The summed E-state index contributed by atoms with van der Waals surface area (Å²) in [5, 5.41) is 13.1. The fraction of sp³-hybridized carbons (Fsp3) is 0.596. The Morgan fingerprint density at radius 2 is 1.28 bits per heavy atom. The summed E-state index contributed by atoms with van der Waals surface area (Å²) in [6, 6.07) is 15.1. The van der Waals surface area contributed by atoms with E-state index in [2.05, 4.69) is 96.8 Å². The number of amides is 3. The second-order valence-corrected chi connectivity index (χ2v) is 38.6. The largest absolute Gasteiger partial charge is 0.497 e. The van der Waals surface area contributed by atoms with Crippen molar-refractivity contribution in [2.75, 3.05) is 41.1 Å². The quantitative estimate of drug-likeness (QED) is 0.0363. The molecule has 382 valence electrons. The molecule has 20 heteroatoms. The van der Waals surface area contributed by atoms with Gasteiger partial charge in [-0.05, 0) is 106 Å². The highest BCUT2D eigenvalue weighted by atomic mass is 32.7. The zero-order chi connectivity index (χ0) is 51.2. The van der Waals surface area contributed by atoms with E-state index in [-0.39, 0.29) is 54.4 Å². The van der Waals surface area contributed by atoms with E-state index >= 15 is 0 Å². The lowest BCUT2D eigenvalue weighted by molar-refractivity contribution is -0.142. The fourth-order valence-corrected chi connectivity index (χ4v) is 7.39. The van der Waals surface area contributed by atoms with Gasteiger partial charge in [0.05, 0.1) is 78.8 Å². The lowest BCUT2D eigenvalue weighted by Crippen LogP contribution is -2.44. The van der Waals surface area contributed by atoms with Crippen LogP contribution in [0.25, 0.3) is 0 Å². The number of carbonyl (C=O) groups is 3. The molecule has 0 bridgehead atoms. The van der Waals surface area contributed by atoms with Gasteiger partial charge in [-0.2, -0.15) is 0 Å². The van der Waals surface area contributed by atoms with E-state index in [9.17, 15) is 19.5 Å². The molecule has 2 N–H and O–H groups in total. The number of hydrogen-bond donors (Lipinski definition) is 2. The number of nitrogens with one attached hydrogen (secondary N) is 1. The van der Waals surface area contributed by atoms with E-state index in [0.29, 0.717) is 52.2 Å². The van der Waals surface area contributed by atoms with Crippen molar-refractivity contribution in [2.24, 2.45) is 5.92 Å². The van der Waals surface area contributed by atoms with Gasteiger partial charge in [0.1, 0.15) is 11.5 Å². The second kappa shape index (κ2) is 36.8. The molecule has 0 radical (unpaired) electrons. The third kappa shape index (κ3) is 30.5. The summed E-state index contributed by atoms with van der Waals surface area (Å²) in [6.45, 7) is 21.8. The topological polar surface area (TPSA) is 142 Å². The van der Waals surface area contributed by atoms with Crippen LogP contribution in [0.1, 0.15) is 98.1 Å². The van der Waals surface area contributed by atoms with Crippen LogP contribution in [0.2, 0.25) is 18.1 Å². The summed E-state index contributed by atoms with van der Waals surface area (Å²) < 4.78 is 33.1. The normalized spacial score (nSPS) is 15.0. The Morgan fingerprint density at radius 3 is 1.67 bits per heavy atom. The number of benzene rings is 2. The molecular weight excluding hydrogens is 997 g/mol. The lowest BCUT2D eigenvalue weighted by atomic mass is 10.0. The number of aliphatic hydroxyl groups excluding tert-OH is 1. The molecule has 0 aromatic heterocycles. The zero-order valence-electron chi connectivity index (χ0n) is 42.3. The molecule has 12 nitrogen and oxygen atoms in total. The summed E-state index contributed by atoms with van der Waals surface area (Å²) in [7, 11) is 16.8. The van der Waals surface area contributed by atoms with Crippen LogP contribution in [0.4, 0.5) is 4.79 Å². The number of urea groups is 1. The third-order valence-electron chi connectivity index (χ3n) is 11.0. The van der Waals surface area contributed by atoms with Crippen LogP contribution in [0.15, 0.2) is 71.8 Å². The van der Waals surface area contributed by atoms with Crippen LogP contribution in [0, 0.1) is 5.92 Å². The number of esters is 1. The first-order valence-electron chi connectivity index (χ1n) is 22.4. The summed E-state index contributed by atoms with van der Waals surface area (Å²) in [5.74, 6) is 1.30. The molecule has 0 saturated carbocycles. The van der Waals surface area contributed by atoms with Gasteiger partial charge in [0.25, 0.3) is 0 Å². The molecule has 5 unspecified atom stereocenters. The molecule has 2 aromatic carbocycles. The minimum Gasteiger partial charge on any atom is -0.497 e. The maximum absolute atomic E-state index is 12.5. The smallest absolute Gasteiger partial charge is 0.324 e. The van der Waals surface area contributed by atoms with Gasteiger partial charge in [-0.15, -0.1) is 44.6 Å². The summed E-state index contributed by atoms with van der Waals surface area (Å²) in [4.78, 5) is 37.5. The van der Waals surface area contributed by atoms with Crippen molar-refractivity contribution in [2.45, 2.75) is 137 Å². The highest BCUT2D eigenvalue weighted by Gasteiger charge is 2.40. The molecule has 3 amide bonds. The van der Waals surface area contributed by atoms with Crippen molar-refractivity contribution in [1.29, 1.82) is 0 Å². The van der Waals surface area contributed by atoms with Crippen molar-refractivity contribution in [3.63, 3.8) is 0 Å². The Kier molecular flexibility index (Phi) is 36.3. The Labute approximate surface area is 419 Å². The molecule has 1 aliphatic heterocycles. The molecule has 1 heterocycles. The number of aliphatic hydroxyl groups is 1. The summed E-state index contributed by atoms with van der Waals surface area (Å²) in [6.07, 6.45) is 6.23.